The van der Waals surface area contributed by atoms with Crippen LogP contribution in [0.2, 0.25) is 5.02 Å². The van der Waals surface area contributed by atoms with Gasteiger partial charge in [0.2, 0.25) is 5.91 Å². The van der Waals surface area contributed by atoms with Crippen molar-refractivity contribution in [3.05, 3.63) is 70.2 Å². The van der Waals surface area contributed by atoms with E-state index in [1.54, 1.807) is 0 Å². The van der Waals surface area contributed by atoms with E-state index in [-0.39, 0.29) is 11.8 Å². The second-order valence-electron chi connectivity index (χ2n) is 4.69. The molecule has 1 N–H and O–H groups in total. The molecule has 0 spiro atoms. The Bertz CT molecular complexity index is 624. The first-order valence-corrected chi connectivity index (χ1v) is 6.75. The molecule has 2 aromatic carbocycles. The lowest BCUT2D eigenvalue weighted by molar-refractivity contribution is -0.121. The Balaban J connectivity index is 2.18. The fourth-order valence-electron chi connectivity index (χ4n) is 2.63. The van der Waals surface area contributed by atoms with Crippen LogP contribution in [0.1, 0.15) is 22.6 Å². The zero-order valence-corrected chi connectivity index (χ0v) is 11.2. The van der Waals surface area contributed by atoms with Crippen LogP contribution in [0.4, 0.5) is 0 Å². The number of amides is 1. The number of carbonyl (C=O) groups excluding carboxylic acids is 1. The minimum atomic E-state index is -0.313. The van der Waals surface area contributed by atoms with Crippen molar-refractivity contribution in [1.29, 1.82) is 0 Å². The first kappa shape index (κ1) is 12.2. The minimum absolute atomic E-state index is 0.0260. The van der Waals surface area contributed by atoms with E-state index in [0.717, 1.165) is 17.5 Å². The average molecular weight is 272 g/mol. The summed E-state index contributed by atoms with van der Waals surface area (Å²) in [4.78, 5) is 12.4. The quantitative estimate of drug-likeness (QED) is 0.848. The Labute approximate surface area is 117 Å². The SMILES string of the molecule is O=C1NCCc2ccccc2C1c1ccccc1Cl. The van der Waals surface area contributed by atoms with Crippen molar-refractivity contribution in [2.75, 3.05) is 6.54 Å². The van der Waals surface area contributed by atoms with Crippen LogP contribution in [0.5, 0.6) is 0 Å². The highest BCUT2D eigenvalue weighted by Crippen LogP contribution is 2.33. The summed E-state index contributed by atoms with van der Waals surface area (Å²) in [5.74, 6) is -0.287. The number of hydrogen-bond donors (Lipinski definition) is 1. The third-order valence-electron chi connectivity index (χ3n) is 3.54. The van der Waals surface area contributed by atoms with Gasteiger partial charge in [0.1, 0.15) is 0 Å². The van der Waals surface area contributed by atoms with E-state index in [2.05, 4.69) is 11.4 Å². The summed E-state index contributed by atoms with van der Waals surface area (Å²) in [5, 5.41) is 3.61. The average Bonchev–Trinajstić information content (AvgIpc) is 2.58. The zero-order valence-electron chi connectivity index (χ0n) is 10.4. The molecule has 1 amide bonds. The van der Waals surface area contributed by atoms with Gasteiger partial charge in [-0.3, -0.25) is 4.79 Å². The molecule has 0 aliphatic carbocycles. The molecular weight excluding hydrogens is 258 g/mol. The van der Waals surface area contributed by atoms with Crippen LogP contribution in [0.25, 0.3) is 0 Å². The molecule has 0 aromatic heterocycles. The molecule has 0 fully saturated rings. The predicted octanol–water partition coefficient (Wildman–Crippen LogP) is 3.14. The summed E-state index contributed by atoms with van der Waals surface area (Å²) < 4.78 is 0. The topological polar surface area (TPSA) is 29.1 Å². The van der Waals surface area contributed by atoms with E-state index in [0.29, 0.717) is 11.6 Å². The van der Waals surface area contributed by atoms with Gasteiger partial charge in [0.05, 0.1) is 5.92 Å². The first-order chi connectivity index (χ1) is 9.27. The summed E-state index contributed by atoms with van der Waals surface area (Å²) >= 11 is 6.26. The van der Waals surface area contributed by atoms with Crippen molar-refractivity contribution in [3.63, 3.8) is 0 Å². The van der Waals surface area contributed by atoms with Crippen LogP contribution in [-0.4, -0.2) is 12.5 Å². The number of fused-ring (bicyclic) bond motifs is 1. The molecule has 2 aromatic rings. The van der Waals surface area contributed by atoms with Crippen LogP contribution in [0.3, 0.4) is 0 Å². The Kier molecular flexibility index (Phi) is 3.26. The molecule has 3 rings (SSSR count). The fraction of sp³-hybridized carbons (Fsp3) is 0.188. The van der Waals surface area contributed by atoms with Gasteiger partial charge in [-0.15, -0.1) is 0 Å². The maximum Gasteiger partial charge on any atom is 0.232 e. The highest BCUT2D eigenvalue weighted by molar-refractivity contribution is 6.31. The molecule has 0 saturated heterocycles. The number of carbonyl (C=O) groups is 1. The predicted molar refractivity (Wildman–Crippen MR) is 76.5 cm³/mol. The van der Waals surface area contributed by atoms with Crippen LogP contribution in [-0.2, 0) is 11.2 Å². The van der Waals surface area contributed by atoms with E-state index in [1.165, 1.54) is 5.56 Å². The summed E-state index contributed by atoms with van der Waals surface area (Å²) in [6.45, 7) is 0.677. The molecule has 96 valence electrons. The highest BCUT2D eigenvalue weighted by Gasteiger charge is 2.28. The Morgan fingerprint density at radius 3 is 2.47 bits per heavy atom. The van der Waals surface area contributed by atoms with Gasteiger partial charge >= 0.3 is 0 Å². The van der Waals surface area contributed by atoms with Crippen molar-refractivity contribution in [3.8, 4) is 0 Å². The molecule has 3 heteroatoms. The maximum absolute atomic E-state index is 12.4. The normalized spacial score (nSPS) is 18.4. The van der Waals surface area contributed by atoms with Gasteiger partial charge in [0.15, 0.2) is 0 Å². The van der Waals surface area contributed by atoms with Gasteiger partial charge in [0, 0.05) is 11.6 Å². The molecule has 1 heterocycles. The fourth-order valence-corrected chi connectivity index (χ4v) is 2.87. The summed E-state index contributed by atoms with van der Waals surface area (Å²) in [6, 6.07) is 15.6. The van der Waals surface area contributed by atoms with E-state index >= 15 is 0 Å². The Hall–Kier alpha value is -1.80. The van der Waals surface area contributed by atoms with Crippen molar-refractivity contribution < 1.29 is 4.79 Å². The second kappa shape index (κ2) is 5.06. The molecule has 1 aliphatic heterocycles. The summed E-state index contributed by atoms with van der Waals surface area (Å²) in [7, 11) is 0. The number of halogens is 1. The molecule has 1 aliphatic rings. The van der Waals surface area contributed by atoms with Gasteiger partial charge in [-0.2, -0.15) is 0 Å². The van der Waals surface area contributed by atoms with E-state index in [4.69, 9.17) is 11.6 Å². The van der Waals surface area contributed by atoms with Crippen LogP contribution in [0, 0.1) is 0 Å². The monoisotopic (exact) mass is 271 g/mol. The van der Waals surface area contributed by atoms with Gasteiger partial charge in [-0.05, 0) is 29.2 Å². The van der Waals surface area contributed by atoms with E-state index in [9.17, 15) is 4.79 Å². The maximum atomic E-state index is 12.4. The smallest absolute Gasteiger partial charge is 0.232 e. The Morgan fingerprint density at radius 2 is 1.68 bits per heavy atom. The van der Waals surface area contributed by atoms with Crippen molar-refractivity contribution in [2.45, 2.75) is 12.3 Å². The largest absolute Gasteiger partial charge is 0.355 e. The third kappa shape index (κ3) is 2.24. The number of hydrogen-bond acceptors (Lipinski definition) is 1. The molecule has 1 atom stereocenters. The van der Waals surface area contributed by atoms with Crippen LogP contribution in [0.15, 0.2) is 48.5 Å². The first-order valence-electron chi connectivity index (χ1n) is 6.37. The number of rotatable bonds is 1. The molecule has 0 radical (unpaired) electrons. The van der Waals surface area contributed by atoms with Crippen molar-refractivity contribution in [2.24, 2.45) is 0 Å². The zero-order chi connectivity index (χ0) is 13.2. The summed E-state index contributed by atoms with van der Waals surface area (Å²) in [6.07, 6.45) is 0.864. The molecule has 19 heavy (non-hydrogen) atoms. The van der Waals surface area contributed by atoms with Crippen molar-refractivity contribution in [1.82, 2.24) is 5.32 Å². The summed E-state index contributed by atoms with van der Waals surface area (Å²) in [5.41, 5.74) is 3.15. The lowest BCUT2D eigenvalue weighted by atomic mass is 9.87. The number of benzene rings is 2. The third-order valence-corrected chi connectivity index (χ3v) is 3.88. The highest BCUT2D eigenvalue weighted by atomic mass is 35.5. The number of nitrogens with one attached hydrogen (secondary N) is 1. The Morgan fingerprint density at radius 1 is 1.00 bits per heavy atom. The van der Waals surface area contributed by atoms with Crippen LogP contribution < -0.4 is 5.32 Å². The molecular formula is C16H14ClNO. The van der Waals surface area contributed by atoms with Crippen LogP contribution >= 0.6 is 11.6 Å². The van der Waals surface area contributed by atoms with Gasteiger partial charge in [-0.25, -0.2) is 0 Å². The van der Waals surface area contributed by atoms with E-state index in [1.807, 2.05) is 42.5 Å². The molecule has 1 unspecified atom stereocenters. The van der Waals surface area contributed by atoms with Gasteiger partial charge in [0.25, 0.3) is 0 Å². The lowest BCUT2D eigenvalue weighted by Crippen LogP contribution is -2.28. The molecule has 0 saturated carbocycles. The molecule has 0 bridgehead atoms. The van der Waals surface area contributed by atoms with Gasteiger partial charge < -0.3 is 5.32 Å². The van der Waals surface area contributed by atoms with Gasteiger partial charge in [-0.1, -0.05) is 54.1 Å². The van der Waals surface area contributed by atoms with Crippen molar-refractivity contribution >= 4 is 17.5 Å². The molecule has 2 nitrogen and oxygen atoms in total. The minimum Gasteiger partial charge on any atom is -0.355 e. The lowest BCUT2D eigenvalue weighted by Gasteiger charge is -2.17. The van der Waals surface area contributed by atoms with E-state index < -0.39 is 0 Å². The standard InChI is InChI=1S/C16H14ClNO/c17-14-8-4-3-7-13(14)15-12-6-2-1-5-11(12)9-10-18-16(15)19/h1-8,15H,9-10H2,(H,18,19). The second-order valence-corrected chi connectivity index (χ2v) is 5.10.